The van der Waals surface area contributed by atoms with Gasteiger partial charge in [0, 0.05) is 39.5 Å². The summed E-state index contributed by atoms with van der Waals surface area (Å²) in [7, 11) is 0. The number of benzene rings is 4. The van der Waals surface area contributed by atoms with E-state index in [9.17, 15) is 9.59 Å². The van der Waals surface area contributed by atoms with Gasteiger partial charge in [0.05, 0.1) is 11.8 Å². The van der Waals surface area contributed by atoms with E-state index in [0.717, 1.165) is 39.5 Å². The second kappa shape index (κ2) is 11.9. The fourth-order valence-electron chi connectivity index (χ4n) is 5.18. The predicted octanol–water partition coefficient (Wildman–Crippen LogP) is 7.79. The smallest absolute Gasteiger partial charge is 0.359 e. The van der Waals surface area contributed by atoms with E-state index in [4.69, 9.17) is 9.57 Å². The Kier molecular flexibility index (Phi) is 8.13. The van der Waals surface area contributed by atoms with Crippen LogP contribution in [0.1, 0.15) is 66.4 Å². The third-order valence-electron chi connectivity index (χ3n) is 7.25. The summed E-state index contributed by atoms with van der Waals surface area (Å²) in [5.74, 6) is -0.577. The number of carbonyl (C=O) groups excluding carboxylic acids is 2. The molecule has 6 heteroatoms. The van der Waals surface area contributed by atoms with Gasteiger partial charge in [-0.05, 0) is 81.6 Å². The van der Waals surface area contributed by atoms with Crippen molar-refractivity contribution >= 4 is 39.3 Å². The molecule has 0 spiro atoms. The molecular weight excluding hydrogens is 512 g/mol. The van der Waals surface area contributed by atoms with E-state index in [1.807, 2.05) is 112 Å². The number of aromatic nitrogens is 1. The summed E-state index contributed by atoms with van der Waals surface area (Å²) in [6, 6.07) is 28.9. The molecule has 0 aliphatic rings. The molecule has 0 fully saturated rings. The lowest BCUT2D eigenvalue weighted by Gasteiger charge is -2.18. The third-order valence-corrected chi connectivity index (χ3v) is 7.25. The van der Waals surface area contributed by atoms with Crippen LogP contribution in [0.5, 0.6) is 0 Å². The van der Waals surface area contributed by atoms with Gasteiger partial charge in [-0.3, -0.25) is 4.79 Å². The minimum atomic E-state index is -0.873. The van der Waals surface area contributed by atoms with Crippen molar-refractivity contribution in [3.05, 3.63) is 119 Å². The van der Waals surface area contributed by atoms with Crippen LogP contribution >= 0.6 is 0 Å². The lowest BCUT2D eigenvalue weighted by molar-refractivity contribution is -0.160. The first-order valence-electron chi connectivity index (χ1n) is 13.9. The standard InChI is InChI=1S/C35H34N2O4/c1-6-37-31-18-16-26(24(5)36-41-35(39)34(40-22(2)3)25-13-8-7-9-14-25)20-29(31)30-21-27(17-19-32(30)37)33(38)28-15-11-10-12-23(28)4/h7-22,34H,6H2,1-5H3. The molecular formula is C35H34N2O4. The number of rotatable bonds is 9. The summed E-state index contributed by atoms with van der Waals surface area (Å²) in [6.45, 7) is 10.4. The number of hydrogen-bond acceptors (Lipinski definition) is 5. The van der Waals surface area contributed by atoms with E-state index in [-0.39, 0.29) is 11.9 Å². The molecule has 1 atom stereocenters. The Morgan fingerprint density at radius 3 is 2.07 bits per heavy atom. The maximum atomic E-state index is 13.4. The van der Waals surface area contributed by atoms with Crippen molar-refractivity contribution in [2.75, 3.05) is 0 Å². The molecule has 0 N–H and O–H groups in total. The number of fused-ring (bicyclic) bond motifs is 3. The van der Waals surface area contributed by atoms with Gasteiger partial charge in [-0.15, -0.1) is 0 Å². The van der Waals surface area contributed by atoms with Gasteiger partial charge in [-0.1, -0.05) is 65.8 Å². The van der Waals surface area contributed by atoms with Crippen molar-refractivity contribution in [3.8, 4) is 0 Å². The van der Waals surface area contributed by atoms with Gasteiger partial charge in [-0.25, -0.2) is 4.79 Å². The van der Waals surface area contributed by atoms with Crippen molar-refractivity contribution in [2.45, 2.75) is 53.4 Å². The Morgan fingerprint density at radius 1 is 0.829 bits per heavy atom. The Bertz CT molecular complexity index is 1770. The van der Waals surface area contributed by atoms with E-state index in [1.54, 1.807) is 6.92 Å². The molecule has 0 bridgehead atoms. The number of ketones is 1. The predicted molar refractivity (Wildman–Crippen MR) is 163 cm³/mol. The number of carbonyl (C=O) groups is 2. The fraction of sp³-hybridized carbons (Fsp3) is 0.229. The molecule has 1 heterocycles. The largest absolute Gasteiger partial charge is 0.368 e. The van der Waals surface area contributed by atoms with E-state index in [2.05, 4.69) is 16.6 Å². The third kappa shape index (κ3) is 5.70. The lowest BCUT2D eigenvalue weighted by atomic mass is 9.97. The van der Waals surface area contributed by atoms with Crippen LogP contribution in [0.15, 0.2) is 96.2 Å². The molecule has 208 valence electrons. The number of hydrogen-bond donors (Lipinski definition) is 0. The maximum absolute atomic E-state index is 13.4. The monoisotopic (exact) mass is 546 g/mol. The minimum Gasteiger partial charge on any atom is -0.359 e. The van der Waals surface area contributed by atoms with Gasteiger partial charge in [0.15, 0.2) is 11.9 Å². The first-order chi connectivity index (χ1) is 19.8. The van der Waals surface area contributed by atoms with Crippen LogP contribution in [-0.4, -0.2) is 28.1 Å². The van der Waals surface area contributed by atoms with Crippen molar-refractivity contribution in [1.82, 2.24) is 4.57 Å². The van der Waals surface area contributed by atoms with Crippen LogP contribution in [0, 0.1) is 6.92 Å². The van der Waals surface area contributed by atoms with Crippen molar-refractivity contribution in [2.24, 2.45) is 5.16 Å². The summed E-state index contributed by atoms with van der Waals surface area (Å²) in [4.78, 5) is 31.8. The molecule has 4 aromatic carbocycles. The SMILES string of the molecule is CCn1c2ccc(C(=O)c3ccccc3C)cc2c2cc(C(C)=NOC(=O)C(OC(C)C)c3ccccc3)ccc21. The average molecular weight is 547 g/mol. The minimum absolute atomic E-state index is 0.000189. The highest BCUT2D eigenvalue weighted by Crippen LogP contribution is 2.32. The molecule has 1 aromatic heterocycles. The number of oxime groups is 1. The second-order valence-electron chi connectivity index (χ2n) is 10.4. The van der Waals surface area contributed by atoms with Crippen LogP contribution < -0.4 is 0 Å². The first-order valence-corrected chi connectivity index (χ1v) is 13.9. The Hall–Kier alpha value is -4.55. The molecule has 1 unspecified atom stereocenters. The zero-order valence-electron chi connectivity index (χ0n) is 24.0. The number of aryl methyl sites for hydroxylation is 2. The zero-order valence-corrected chi connectivity index (χ0v) is 24.0. The second-order valence-corrected chi connectivity index (χ2v) is 10.4. The van der Waals surface area contributed by atoms with Gasteiger partial charge in [0.2, 0.25) is 0 Å². The molecule has 0 saturated heterocycles. The Morgan fingerprint density at radius 2 is 1.44 bits per heavy atom. The molecule has 5 rings (SSSR count). The van der Waals surface area contributed by atoms with Crippen LogP contribution in [0.25, 0.3) is 21.8 Å². The summed E-state index contributed by atoms with van der Waals surface area (Å²) in [5, 5.41) is 6.18. The molecule has 0 aliphatic heterocycles. The van der Waals surface area contributed by atoms with Crippen molar-refractivity contribution < 1.29 is 19.2 Å². The van der Waals surface area contributed by atoms with E-state index in [1.165, 1.54) is 0 Å². The van der Waals surface area contributed by atoms with E-state index >= 15 is 0 Å². The average Bonchev–Trinajstić information content (AvgIpc) is 3.31. The molecule has 0 saturated carbocycles. The Labute approximate surface area is 240 Å². The van der Waals surface area contributed by atoms with Gasteiger partial charge < -0.3 is 14.1 Å². The molecule has 0 amide bonds. The maximum Gasteiger partial charge on any atom is 0.368 e. The normalized spacial score (nSPS) is 12.7. The number of nitrogens with zero attached hydrogens (tertiary/aromatic N) is 2. The summed E-state index contributed by atoms with van der Waals surface area (Å²) < 4.78 is 8.09. The van der Waals surface area contributed by atoms with Gasteiger partial charge >= 0.3 is 5.97 Å². The fourth-order valence-corrected chi connectivity index (χ4v) is 5.18. The summed E-state index contributed by atoms with van der Waals surface area (Å²) >= 11 is 0. The lowest BCUT2D eigenvalue weighted by Crippen LogP contribution is -2.21. The van der Waals surface area contributed by atoms with Crippen LogP contribution in [0.4, 0.5) is 0 Å². The van der Waals surface area contributed by atoms with Gasteiger partial charge in [-0.2, -0.15) is 0 Å². The van der Waals surface area contributed by atoms with E-state index < -0.39 is 12.1 Å². The van der Waals surface area contributed by atoms with Crippen molar-refractivity contribution in [1.29, 1.82) is 0 Å². The van der Waals surface area contributed by atoms with E-state index in [0.29, 0.717) is 22.4 Å². The van der Waals surface area contributed by atoms with Gasteiger partial charge in [0.1, 0.15) is 0 Å². The first kappa shape index (κ1) is 28.0. The van der Waals surface area contributed by atoms with Gasteiger partial charge in [0.25, 0.3) is 0 Å². The molecule has 0 aliphatic carbocycles. The molecule has 0 radical (unpaired) electrons. The van der Waals surface area contributed by atoms with Crippen LogP contribution in [0.3, 0.4) is 0 Å². The van der Waals surface area contributed by atoms with Crippen LogP contribution in [-0.2, 0) is 20.9 Å². The highest BCUT2D eigenvalue weighted by atomic mass is 16.7. The molecule has 41 heavy (non-hydrogen) atoms. The highest BCUT2D eigenvalue weighted by Gasteiger charge is 2.25. The Balaban J connectivity index is 1.49. The topological polar surface area (TPSA) is 69.9 Å². The summed E-state index contributed by atoms with van der Waals surface area (Å²) in [5.41, 5.74) is 6.49. The molecule has 6 nitrogen and oxygen atoms in total. The molecule has 5 aromatic rings. The van der Waals surface area contributed by atoms with Crippen LogP contribution in [0.2, 0.25) is 0 Å². The highest BCUT2D eigenvalue weighted by molar-refractivity contribution is 6.16. The zero-order chi connectivity index (χ0) is 29.1. The number of ether oxygens (including phenoxy) is 1. The van der Waals surface area contributed by atoms with Crippen molar-refractivity contribution in [3.63, 3.8) is 0 Å². The summed E-state index contributed by atoms with van der Waals surface area (Å²) in [6.07, 6.45) is -1.04. The quantitative estimate of drug-likeness (QED) is 0.0819.